The molecule has 256 valence electrons. The minimum atomic E-state index is -0.0932. The van der Waals surface area contributed by atoms with Gasteiger partial charge >= 0.3 is 6.01 Å². The summed E-state index contributed by atoms with van der Waals surface area (Å²) in [6, 6.07) is 21.9. The van der Waals surface area contributed by atoms with Crippen LogP contribution in [0.3, 0.4) is 0 Å². The number of piperazine rings is 2. The van der Waals surface area contributed by atoms with Gasteiger partial charge in [-0.2, -0.15) is 9.97 Å². The summed E-state index contributed by atoms with van der Waals surface area (Å²) in [7, 11) is 1.61. The molecule has 11 nitrogen and oxygen atoms in total. The van der Waals surface area contributed by atoms with E-state index < -0.39 is 0 Å². The Morgan fingerprint density at radius 2 is 1.52 bits per heavy atom. The van der Waals surface area contributed by atoms with Crippen molar-refractivity contribution >= 4 is 30.7 Å². The smallest absolute Gasteiger partial charge is 0.323 e. The lowest BCUT2D eigenvalue weighted by atomic mass is 9.81. The third kappa shape index (κ3) is 8.15. The van der Waals surface area contributed by atoms with Crippen molar-refractivity contribution in [2.75, 3.05) is 53.0 Å². The van der Waals surface area contributed by atoms with Gasteiger partial charge in [-0.15, -0.1) is 24.8 Å². The fourth-order valence-corrected chi connectivity index (χ4v) is 6.75. The fourth-order valence-electron chi connectivity index (χ4n) is 6.75. The number of aromatic nitrogens is 4. The molecule has 2 fully saturated rings. The highest BCUT2D eigenvalue weighted by Crippen LogP contribution is 2.37. The van der Waals surface area contributed by atoms with Crippen LogP contribution in [0.1, 0.15) is 46.9 Å². The van der Waals surface area contributed by atoms with Gasteiger partial charge in [0.2, 0.25) is 11.8 Å². The average molecular weight is 697 g/mol. The van der Waals surface area contributed by atoms with Crippen molar-refractivity contribution in [1.82, 2.24) is 34.6 Å². The van der Waals surface area contributed by atoms with E-state index in [-0.39, 0.29) is 54.7 Å². The van der Waals surface area contributed by atoms with E-state index in [1.54, 1.807) is 25.7 Å². The Morgan fingerprint density at radius 1 is 0.854 bits per heavy atom. The summed E-state index contributed by atoms with van der Waals surface area (Å²) in [5.74, 6) is 0.915. The Kier molecular flexibility index (Phi) is 13.3. The van der Waals surface area contributed by atoms with Crippen molar-refractivity contribution in [2.45, 2.75) is 38.4 Å². The molecule has 13 heteroatoms. The quantitative estimate of drug-likeness (QED) is 0.218. The van der Waals surface area contributed by atoms with Crippen molar-refractivity contribution in [3.63, 3.8) is 0 Å². The summed E-state index contributed by atoms with van der Waals surface area (Å²) in [4.78, 5) is 38.0. The van der Waals surface area contributed by atoms with Crippen LogP contribution < -0.4 is 14.2 Å². The van der Waals surface area contributed by atoms with E-state index in [4.69, 9.17) is 14.2 Å². The molecule has 0 bridgehead atoms. The lowest BCUT2D eigenvalue weighted by Gasteiger charge is -2.53. The topological polar surface area (TPSA) is 106 Å². The van der Waals surface area contributed by atoms with Crippen LogP contribution >= 0.6 is 24.8 Å². The van der Waals surface area contributed by atoms with Crippen molar-refractivity contribution in [2.24, 2.45) is 0 Å². The summed E-state index contributed by atoms with van der Waals surface area (Å²) >= 11 is 0. The van der Waals surface area contributed by atoms with Crippen LogP contribution in [0.4, 0.5) is 0 Å². The van der Waals surface area contributed by atoms with Gasteiger partial charge in [-0.1, -0.05) is 60.7 Å². The number of hydrogen-bond acceptors (Lipinski definition) is 10. The lowest BCUT2D eigenvalue weighted by Crippen LogP contribution is -2.67. The van der Waals surface area contributed by atoms with Crippen LogP contribution in [0, 0.1) is 0 Å². The van der Waals surface area contributed by atoms with E-state index in [1.165, 1.54) is 11.1 Å². The predicted octanol–water partition coefficient (Wildman–Crippen LogP) is 4.76. The van der Waals surface area contributed by atoms with Gasteiger partial charge in [0.1, 0.15) is 5.69 Å². The third-order valence-corrected chi connectivity index (χ3v) is 8.68. The zero-order valence-corrected chi connectivity index (χ0v) is 29.1. The molecule has 2 aliphatic rings. The molecule has 2 unspecified atom stereocenters. The van der Waals surface area contributed by atoms with Gasteiger partial charge in [0.05, 0.1) is 32.1 Å². The summed E-state index contributed by atoms with van der Waals surface area (Å²) in [5.41, 5.74) is 3.66. The van der Waals surface area contributed by atoms with E-state index in [9.17, 15) is 4.79 Å². The number of carbonyl (C=O) groups is 1. The fraction of sp³-hybridized carbons (Fsp3) is 0.400. The number of fused-ring (bicyclic) bond motifs is 1. The first-order valence-electron chi connectivity index (χ1n) is 15.9. The Bertz CT molecular complexity index is 1550. The zero-order valence-electron chi connectivity index (χ0n) is 27.5. The summed E-state index contributed by atoms with van der Waals surface area (Å²) in [6.07, 6.45) is 4.69. The van der Waals surface area contributed by atoms with Gasteiger partial charge < -0.3 is 19.1 Å². The SMILES string of the molecule is CCOc1nc(OC)c(CN2CC3CN(C(=O)c4cnccn4)CCN3C(C(c3ccccc3)c3ccccc3)C2)c(OCC)n1.Cl.Cl. The number of rotatable bonds is 11. The number of halogens is 2. The molecular weight excluding hydrogens is 653 g/mol. The Hall–Kier alpha value is -4.03. The molecule has 4 heterocycles. The average Bonchev–Trinajstić information content (AvgIpc) is 3.10. The number of carbonyl (C=O) groups excluding carboxylic acids is 1. The first-order valence-corrected chi connectivity index (χ1v) is 15.9. The molecule has 2 saturated heterocycles. The molecule has 4 aromatic rings. The number of benzene rings is 2. The molecule has 2 atom stereocenters. The minimum Gasteiger partial charge on any atom is -0.481 e. The maximum atomic E-state index is 13.5. The molecule has 0 N–H and O–H groups in total. The van der Waals surface area contributed by atoms with Crippen LogP contribution in [0.25, 0.3) is 0 Å². The van der Waals surface area contributed by atoms with Crippen LogP contribution in [-0.2, 0) is 6.54 Å². The van der Waals surface area contributed by atoms with E-state index >= 15 is 0 Å². The zero-order chi connectivity index (χ0) is 31.9. The molecule has 2 aromatic heterocycles. The van der Waals surface area contributed by atoms with Gasteiger partial charge in [0, 0.05) is 69.7 Å². The Balaban J connectivity index is 0.00000260. The highest BCUT2D eigenvalue weighted by Gasteiger charge is 2.43. The standard InChI is InChI=1S/C35H41N7O4.2ClH/c1-4-45-33-28(32(44-3)38-35(39-33)46-5-2)23-40-21-27-22-41(34(43)29-20-36-16-17-37-29)18-19-42(27)30(24-40)31(25-12-8-6-9-13-25)26-14-10-7-11-15-26;;/h6-17,20,27,30-31H,4-5,18-19,21-24H2,1-3H3;2*1H. The van der Waals surface area contributed by atoms with Gasteiger partial charge in [0.15, 0.2) is 0 Å². The molecule has 0 spiro atoms. The normalized spacial score (nSPS) is 17.9. The molecule has 0 saturated carbocycles. The second-order valence-electron chi connectivity index (χ2n) is 11.5. The minimum absolute atomic E-state index is 0. The monoisotopic (exact) mass is 695 g/mol. The van der Waals surface area contributed by atoms with Crippen molar-refractivity contribution in [1.29, 1.82) is 0 Å². The van der Waals surface area contributed by atoms with Crippen LogP contribution in [0.15, 0.2) is 79.3 Å². The van der Waals surface area contributed by atoms with Crippen LogP contribution in [0.5, 0.6) is 17.8 Å². The lowest BCUT2D eigenvalue weighted by molar-refractivity contribution is -0.0293. The number of hydrogen-bond donors (Lipinski definition) is 0. The van der Waals surface area contributed by atoms with Gasteiger partial charge in [-0.05, 0) is 25.0 Å². The summed E-state index contributed by atoms with van der Waals surface area (Å²) in [6.45, 7) is 8.69. The Labute approximate surface area is 294 Å². The summed E-state index contributed by atoms with van der Waals surface area (Å²) < 4.78 is 17.4. The molecule has 2 aliphatic heterocycles. The van der Waals surface area contributed by atoms with Crippen molar-refractivity contribution in [3.8, 4) is 17.8 Å². The van der Waals surface area contributed by atoms with Crippen LogP contribution in [-0.4, -0.2) is 106 Å². The van der Waals surface area contributed by atoms with Gasteiger partial charge in [0.25, 0.3) is 5.91 Å². The van der Waals surface area contributed by atoms with Crippen molar-refractivity contribution in [3.05, 3.63) is 102 Å². The van der Waals surface area contributed by atoms with E-state index in [2.05, 4.69) is 90.4 Å². The second-order valence-corrected chi connectivity index (χ2v) is 11.5. The molecule has 1 amide bonds. The second kappa shape index (κ2) is 17.4. The number of nitrogens with zero attached hydrogens (tertiary/aromatic N) is 7. The molecule has 2 aromatic carbocycles. The highest BCUT2D eigenvalue weighted by atomic mass is 35.5. The van der Waals surface area contributed by atoms with Crippen molar-refractivity contribution < 1.29 is 19.0 Å². The highest BCUT2D eigenvalue weighted by molar-refractivity contribution is 5.92. The Morgan fingerprint density at radius 3 is 2.12 bits per heavy atom. The first kappa shape index (κ1) is 36.8. The van der Waals surface area contributed by atoms with E-state index in [0.29, 0.717) is 50.3 Å². The summed E-state index contributed by atoms with van der Waals surface area (Å²) in [5, 5.41) is 0. The predicted molar refractivity (Wildman–Crippen MR) is 188 cm³/mol. The van der Waals surface area contributed by atoms with E-state index in [1.807, 2.05) is 18.7 Å². The maximum Gasteiger partial charge on any atom is 0.323 e. The molecule has 6 rings (SSSR count). The molecule has 0 aliphatic carbocycles. The number of methoxy groups -OCH3 is 1. The number of ether oxygens (including phenoxy) is 3. The van der Waals surface area contributed by atoms with Gasteiger partial charge in [-0.3, -0.25) is 19.6 Å². The first-order chi connectivity index (χ1) is 22.6. The largest absolute Gasteiger partial charge is 0.481 e. The number of amides is 1. The molecule has 0 radical (unpaired) electrons. The van der Waals surface area contributed by atoms with Gasteiger partial charge in [-0.25, -0.2) is 4.98 Å². The third-order valence-electron chi connectivity index (χ3n) is 8.68. The van der Waals surface area contributed by atoms with E-state index in [0.717, 1.165) is 25.2 Å². The maximum absolute atomic E-state index is 13.5. The van der Waals surface area contributed by atoms with Crippen LogP contribution in [0.2, 0.25) is 0 Å². The molecular formula is C35H43Cl2N7O4. The molecule has 48 heavy (non-hydrogen) atoms.